The molecule has 1 aromatic carbocycles. The number of aromatic nitrogens is 1. The zero-order valence-corrected chi connectivity index (χ0v) is 16.3. The molecule has 0 saturated carbocycles. The highest BCUT2D eigenvalue weighted by Crippen LogP contribution is 2.20. The van der Waals surface area contributed by atoms with Crippen LogP contribution in [0.4, 0.5) is 0 Å². The third-order valence-corrected chi connectivity index (χ3v) is 5.96. The summed E-state index contributed by atoms with van der Waals surface area (Å²) in [5, 5.41) is 3.38. The summed E-state index contributed by atoms with van der Waals surface area (Å²) in [6.45, 7) is 2.28. The van der Waals surface area contributed by atoms with Gasteiger partial charge in [-0.25, -0.2) is 8.42 Å². The Kier molecular flexibility index (Phi) is 6.23. The minimum absolute atomic E-state index is 0.0902. The van der Waals surface area contributed by atoms with Crippen LogP contribution in [0.25, 0.3) is 0 Å². The molecule has 2 aromatic rings. The van der Waals surface area contributed by atoms with Gasteiger partial charge in [0.05, 0.1) is 17.1 Å². The Bertz CT molecular complexity index is 859. The summed E-state index contributed by atoms with van der Waals surface area (Å²) in [5.41, 5.74) is 1.34. The summed E-state index contributed by atoms with van der Waals surface area (Å²) in [6, 6.07) is 12.0. The van der Waals surface area contributed by atoms with Crippen molar-refractivity contribution >= 4 is 15.7 Å². The number of amides is 1. The standard InChI is InChI=1S/C20H25N3O3S/c1-27(25,26)19-9-7-16(8-10-19)20(24)23(15-17-5-2-3-13-22-17)18-6-4-12-21-14-11-18/h2-3,5,7-10,13,18,21H,4,6,11-12,14-15H2,1H3. The van der Waals surface area contributed by atoms with Crippen LogP contribution < -0.4 is 5.32 Å². The summed E-state index contributed by atoms with van der Waals surface area (Å²) in [5.74, 6) is -0.0902. The van der Waals surface area contributed by atoms with Crippen molar-refractivity contribution < 1.29 is 13.2 Å². The van der Waals surface area contributed by atoms with Gasteiger partial charge in [0.1, 0.15) is 0 Å². The van der Waals surface area contributed by atoms with Gasteiger partial charge in [-0.05, 0) is 68.8 Å². The number of nitrogens with zero attached hydrogens (tertiary/aromatic N) is 2. The molecule has 27 heavy (non-hydrogen) atoms. The Morgan fingerprint density at radius 2 is 1.93 bits per heavy atom. The molecule has 0 radical (unpaired) electrons. The lowest BCUT2D eigenvalue weighted by Gasteiger charge is -2.31. The van der Waals surface area contributed by atoms with Crippen LogP contribution in [-0.4, -0.2) is 49.6 Å². The zero-order chi connectivity index (χ0) is 19.3. The molecule has 1 N–H and O–H groups in total. The summed E-state index contributed by atoms with van der Waals surface area (Å²) < 4.78 is 23.3. The first-order valence-corrected chi connectivity index (χ1v) is 11.1. The highest BCUT2D eigenvalue weighted by atomic mass is 32.2. The maximum atomic E-state index is 13.2. The maximum Gasteiger partial charge on any atom is 0.254 e. The fourth-order valence-corrected chi connectivity index (χ4v) is 3.99. The Hall–Kier alpha value is -2.25. The molecule has 1 saturated heterocycles. The summed E-state index contributed by atoms with van der Waals surface area (Å²) in [6.07, 6.45) is 5.74. The van der Waals surface area contributed by atoms with Crippen LogP contribution in [-0.2, 0) is 16.4 Å². The van der Waals surface area contributed by atoms with Crippen molar-refractivity contribution in [2.45, 2.75) is 36.7 Å². The topological polar surface area (TPSA) is 79.4 Å². The van der Waals surface area contributed by atoms with Crippen LogP contribution in [0.2, 0.25) is 0 Å². The smallest absolute Gasteiger partial charge is 0.254 e. The Morgan fingerprint density at radius 3 is 2.59 bits per heavy atom. The number of sulfone groups is 1. The molecule has 1 aromatic heterocycles. The number of hydrogen-bond acceptors (Lipinski definition) is 5. The van der Waals surface area contributed by atoms with E-state index in [-0.39, 0.29) is 16.8 Å². The van der Waals surface area contributed by atoms with E-state index in [2.05, 4.69) is 10.3 Å². The third kappa shape index (κ3) is 5.14. The van der Waals surface area contributed by atoms with E-state index in [9.17, 15) is 13.2 Å². The molecular formula is C20H25N3O3S. The molecule has 0 bridgehead atoms. The van der Waals surface area contributed by atoms with Gasteiger partial charge in [0.25, 0.3) is 5.91 Å². The number of nitrogens with one attached hydrogen (secondary N) is 1. The molecule has 1 aliphatic heterocycles. The third-order valence-electron chi connectivity index (χ3n) is 4.83. The van der Waals surface area contributed by atoms with Gasteiger partial charge >= 0.3 is 0 Å². The SMILES string of the molecule is CS(=O)(=O)c1ccc(C(=O)N(Cc2ccccn2)C2CCCNCC2)cc1. The van der Waals surface area contributed by atoms with Crippen molar-refractivity contribution in [2.75, 3.05) is 19.3 Å². The number of carbonyl (C=O) groups is 1. The van der Waals surface area contributed by atoms with Crippen molar-refractivity contribution in [1.29, 1.82) is 0 Å². The first kappa shape index (κ1) is 19.5. The van der Waals surface area contributed by atoms with Crippen LogP contribution in [0, 0.1) is 0 Å². The molecule has 1 atom stereocenters. The maximum absolute atomic E-state index is 13.2. The van der Waals surface area contributed by atoms with Crippen LogP contribution >= 0.6 is 0 Å². The normalized spacial score (nSPS) is 17.9. The van der Waals surface area contributed by atoms with Crippen LogP contribution in [0.15, 0.2) is 53.6 Å². The Labute approximate surface area is 160 Å². The molecule has 3 rings (SSSR count). The lowest BCUT2D eigenvalue weighted by atomic mass is 10.0. The second-order valence-electron chi connectivity index (χ2n) is 6.89. The molecule has 1 fully saturated rings. The van der Waals surface area contributed by atoms with Gasteiger partial charge in [-0.15, -0.1) is 0 Å². The lowest BCUT2D eigenvalue weighted by Crippen LogP contribution is -2.40. The van der Waals surface area contributed by atoms with Gasteiger partial charge < -0.3 is 10.2 Å². The van der Waals surface area contributed by atoms with Gasteiger partial charge in [-0.2, -0.15) is 0 Å². The summed E-state index contributed by atoms with van der Waals surface area (Å²) in [7, 11) is -3.28. The fraction of sp³-hybridized carbons (Fsp3) is 0.400. The van der Waals surface area contributed by atoms with Crippen molar-refractivity contribution in [1.82, 2.24) is 15.2 Å². The second-order valence-corrected chi connectivity index (χ2v) is 8.90. The monoisotopic (exact) mass is 387 g/mol. The molecule has 6 nitrogen and oxygen atoms in total. The van der Waals surface area contributed by atoms with Gasteiger partial charge in [0, 0.05) is 24.1 Å². The number of carbonyl (C=O) groups excluding carboxylic acids is 1. The summed E-state index contributed by atoms with van der Waals surface area (Å²) >= 11 is 0. The van der Waals surface area contributed by atoms with E-state index in [0.717, 1.165) is 44.3 Å². The second kappa shape index (κ2) is 8.63. The molecule has 0 spiro atoms. The molecule has 1 aliphatic rings. The number of rotatable bonds is 5. The Balaban J connectivity index is 1.87. The highest BCUT2D eigenvalue weighted by Gasteiger charge is 2.26. The molecule has 144 valence electrons. The van der Waals surface area contributed by atoms with E-state index in [1.807, 2.05) is 23.1 Å². The van der Waals surface area contributed by atoms with E-state index < -0.39 is 9.84 Å². The minimum atomic E-state index is -3.28. The first-order chi connectivity index (χ1) is 12.9. The van der Waals surface area contributed by atoms with Crippen molar-refractivity contribution in [2.24, 2.45) is 0 Å². The fourth-order valence-electron chi connectivity index (χ4n) is 3.36. The van der Waals surface area contributed by atoms with Crippen LogP contribution in [0.3, 0.4) is 0 Å². The molecule has 1 unspecified atom stereocenters. The largest absolute Gasteiger partial charge is 0.330 e. The Morgan fingerprint density at radius 1 is 1.15 bits per heavy atom. The van der Waals surface area contributed by atoms with E-state index >= 15 is 0 Å². The van der Waals surface area contributed by atoms with Gasteiger partial charge in [0.2, 0.25) is 0 Å². The lowest BCUT2D eigenvalue weighted by molar-refractivity contribution is 0.0642. The predicted octanol–water partition coefficient (Wildman–Crippen LogP) is 2.27. The minimum Gasteiger partial charge on any atom is -0.330 e. The average Bonchev–Trinajstić information content (AvgIpc) is 2.95. The summed E-state index contributed by atoms with van der Waals surface area (Å²) in [4.78, 5) is 19.7. The molecular weight excluding hydrogens is 362 g/mol. The van der Waals surface area contributed by atoms with Gasteiger partial charge in [-0.1, -0.05) is 6.07 Å². The van der Waals surface area contributed by atoms with Crippen molar-refractivity contribution in [3.05, 3.63) is 59.9 Å². The van der Waals surface area contributed by atoms with E-state index in [0.29, 0.717) is 12.1 Å². The number of pyridine rings is 1. The number of hydrogen-bond donors (Lipinski definition) is 1. The number of benzene rings is 1. The van der Waals surface area contributed by atoms with Gasteiger partial charge in [0.15, 0.2) is 9.84 Å². The zero-order valence-electron chi connectivity index (χ0n) is 15.5. The van der Waals surface area contributed by atoms with E-state index in [1.165, 1.54) is 12.1 Å². The average molecular weight is 388 g/mol. The van der Waals surface area contributed by atoms with E-state index in [4.69, 9.17) is 0 Å². The van der Waals surface area contributed by atoms with Crippen molar-refractivity contribution in [3.8, 4) is 0 Å². The first-order valence-electron chi connectivity index (χ1n) is 9.17. The van der Waals surface area contributed by atoms with Crippen LogP contribution in [0.1, 0.15) is 35.3 Å². The van der Waals surface area contributed by atoms with Crippen molar-refractivity contribution in [3.63, 3.8) is 0 Å². The predicted molar refractivity (Wildman–Crippen MR) is 104 cm³/mol. The highest BCUT2D eigenvalue weighted by molar-refractivity contribution is 7.90. The molecule has 7 heteroatoms. The molecule has 1 amide bonds. The molecule has 2 heterocycles. The van der Waals surface area contributed by atoms with Crippen LogP contribution in [0.5, 0.6) is 0 Å². The van der Waals surface area contributed by atoms with Gasteiger partial charge in [-0.3, -0.25) is 9.78 Å². The quantitative estimate of drug-likeness (QED) is 0.851. The molecule has 0 aliphatic carbocycles. The van der Waals surface area contributed by atoms with E-state index in [1.54, 1.807) is 18.3 Å².